The summed E-state index contributed by atoms with van der Waals surface area (Å²) in [5.41, 5.74) is 0.706. The Labute approximate surface area is 117 Å². The molecule has 0 atom stereocenters. The predicted molar refractivity (Wildman–Crippen MR) is 71.6 cm³/mol. The van der Waals surface area contributed by atoms with Crippen molar-refractivity contribution in [3.8, 4) is 10.7 Å². The second-order valence-corrected chi connectivity index (χ2v) is 6.22. The van der Waals surface area contributed by atoms with Crippen LogP contribution in [0.2, 0.25) is 0 Å². The molecule has 2 nitrogen and oxygen atoms in total. The average Bonchev–Trinajstić information content (AvgIpc) is 2.91. The molecule has 7 heteroatoms. The van der Waals surface area contributed by atoms with Crippen LogP contribution >= 0.6 is 22.9 Å². The number of aromatic nitrogens is 2. The number of unbranched alkanes of at least 4 members (excludes halogenated alkanes) is 1. The molecule has 0 aliphatic rings. The van der Waals surface area contributed by atoms with E-state index in [1.807, 2.05) is 13.8 Å². The van der Waals surface area contributed by atoms with Crippen LogP contribution in [0.5, 0.6) is 0 Å². The van der Waals surface area contributed by atoms with E-state index in [9.17, 15) is 13.2 Å². The van der Waals surface area contributed by atoms with Gasteiger partial charge in [-0.25, -0.2) is 4.98 Å². The van der Waals surface area contributed by atoms with Gasteiger partial charge in [0.25, 0.3) is 0 Å². The summed E-state index contributed by atoms with van der Waals surface area (Å²) in [7, 11) is 0. The van der Waals surface area contributed by atoms with Gasteiger partial charge in [-0.3, -0.25) is 0 Å². The van der Waals surface area contributed by atoms with Crippen LogP contribution in [-0.2, 0) is 12.6 Å². The Kier molecular flexibility index (Phi) is 4.25. The fourth-order valence-electron chi connectivity index (χ4n) is 1.75. The van der Waals surface area contributed by atoms with Crippen LogP contribution in [0.25, 0.3) is 10.7 Å². The summed E-state index contributed by atoms with van der Waals surface area (Å²) < 4.78 is 42.9. The van der Waals surface area contributed by atoms with Gasteiger partial charge >= 0.3 is 6.18 Å². The van der Waals surface area contributed by atoms with Crippen molar-refractivity contribution in [3.63, 3.8) is 0 Å². The maximum absolute atomic E-state index is 13.0. The van der Waals surface area contributed by atoms with Crippen molar-refractivity contribution in [2.45, 2.75) is 39.3 Å². The van der Waals surface area contributed by atoms with E-state index in [-0.39, 0.29) is 0 Å². The molecule has 0 aliphatic heterocycles. The SMILES string of the molecule is CCCCc1c(-c2ncc(C)s2)nsc1C(F)(F)F. The number of alkyl halides is 3. The minimum atomic E-state index is -4.33. The monoisotopic (exact) mass is 306 g/mol. The first kappa shape index (κ1) is 14.5. The molecule has 0 saturated heterocycles. The van der Waals surface area contributed by atoms with Crippen molar-refractivity contribution in [3.05, 3.63) is 21.5 Å². The van der Waals surface area contributed by atoms with Crippen LogP contribution in [0, 0.1) is 6.92 Å². The first-order chi connectivity index (χ1) is 8.93. The first-order valence-electron chi connectivity index (χ1n) is 5.92. The molecule has 0 aliphatic carbocycles. The highest BCUT2D eigenvalue weighted by atomic mass is 32.1. The smallest absolute Gasteiger partial charge is 0.243 e. The lowest BCUT2D eigenvalue weighted by molar-refractivity contribution is -0.134. The predicted octanol–water partition coefficient (Wildman–Crippen LogP) is 4.94. The van der Waals surface area contributed by atoms with E-state index < -0.39 is 11.1 Å². The molecule has 19 heavy (non-hydrogen) atoms. The molecule has 2 heterocycles. The topological polar surface area (TPSA) is 25.8 Å². The standard InChI is InChI=1S/C12H13F3N2S2/c1-3-4-5-8-9(11-16-6-7(2)18-11)17-19-10(8)12(13,14)15/h6H,3-5H2,1-2H3. The molecule has 0 N–H and O–H groups in total. The van der Waals surface area contributed by atoms with E-state index >= 15 is 0 Å². The Hall–Kier alpha value is -0.950. The number of rotatable bonds is 4. The Morgan fingerprint density at radius 2 is 2.05 bits per heavy atom. The molecule has 2 aromatic rings. The number of hydrogen-bond acceptors (Lipinski definition) is 4. The summed E-state index contributed by atoms with van der Waals surface area (Å²) in [5, 5.41) is 0.579. The molecule has 2 aromatic heterocycles. The van der Waals surface area contributed by atoms with Crippen LogP contribution in [0.15, 0.2) is 6.20 Å². The van der Waals surface area contributed by atoms with Gasteiger partial charge in [-0.2, -0.15) is 17.5 Å². The van der Waals surface area contributed by atoms with Crippen LogP contribution in [0.3, 0.4) is 0 Å². The quantitative estimate of drug-likeness (QED) is 0.800. The molecule has 0 spiro atoms. The van der Waals surface area contributed by atoms with Gasteiger partial charge in [0.15, 0.2) is 0 Å². The molecular weight excluding hydrogens is 293 g/mol. The third kappa shape index (κ3) is 3.14. The molecule has 2 rings (SSSR count). The Balaban J connectivity index is 2.46. The van der Waals surface area contributed by atoms with Crippen LogP contribution in [0.1, 0.15) is 35.1 Å². The van der Waals surface area contributed by atoms with E-state index in [0.29, 0.717) is 34.2 Å². The van der Waals surface area contributed by atoms with Gasteiger partial charge in [-0.1, -0.05) is 13.3 Å². The normalized spacial score (nSPS) is 12.1. The minimum absolute atomic E-state index is 0.300. The van der Waals surface area contributed by atoms with Crippen LogP contribution < -0.4 is 0 Å². The third-order valence-electron chi connectivity index (χ3n) is 2.65. The molecular formula is C12H13F3N2S2. The number of hydrogen-bond donors (Lipinski definition) is 0. The number of halogens is 3. The van der Waals surface area contributed by atoms with Gasteiger partial charge in [0.1, 0.15) is 15.6 Å². The highest BCUT2D eigenvalue weighted by Gasteiger charge is 2.37. The maximum atomic E-state index is 13.0. The molecule has 104 valence electrons. The van der Waals surface area contributed by atoms with Crippen molar-refractivity contribution in [1.82, 2.24) is 9.36 Å². The number of aryl methyl sites for hydroxylation is 1. The zero-order valence-electron chi connectivity index (χ0n) is 10.5. The van der Waals surface area contributed by atoms with Crippen molar-refractivity contribution in [2.24, 2.45) is 0 Å². The zero-order valence-corrected chi connectivity index (χ0v) is 12.2. The lowest BCUT2D eigenvalue weighted by atomic mass is 10.1. The van der Waals surface area contributed by atoms with Gasteiger partial charge in [0.05, 0.1) is 0 Å². The number of thiazole rings is 1. The Bertz CT molecular complexity index is 558. The molecule has 0 amide bonds. The van der Waals surface area contributed by atoms with Crippen molar-refractivity contribution in [1.29, 1.82) is 0 Å². The summed E-state index contributed by atoms with van der Waals surface area (Å²) >= 11 is 1.91. The Morgan fingerprint density at radius 3 is 2.58 bits per heavy atom. The van der Waals surface area contributed by atoms with Crippen molar-refractivity contribution >= 4 is 22.9 Å². The van der Waals surface area contributed by atoms with Crippen LogP contribution in [0.4, 0.5) is 13.2 Å². The Morgan fingerprint density at radius 1 is 1.32 bits per heavy atom. The van der Waals surface area contributed by atoms with Crippen molar-refractivity contribution in [2.75, 3.05) is 0 Å². The average molecular weight is 306 g/mol. The van der Waals surface area contributed by atoms with Crippen LogP contribution in [-0.4, -0.2) is 9.36 Å². The van der Waals surface area contributed by atoms with E-state index in [1.165, 1.54) is 11.3 Å². The molecule has 0 bridgehead atoms. The van der Waals surface area contributed by atoms with Gasteiger partial charge in [0.2, 0.25) is 0 Å². The lowest BCUT2D eigenvalue weighted by Gasteiger charge is -2.07. The van der Waals surface area contributed by atoms with Gasteiger partial charge in [-0.05, 0) is 31.3 Å². The minimum Gasteiger partial charge on any atom is -0.243 e. The van der Waals surface area contributed by atoms with Crippen molar-refractivity contribution < 1.29 is 13.2 Å². The fraction of sp³-hybridized carbons (Fsp3) is 0.500. The molecule has 0 aromatic carbocycles. The molecule has 0 unspecified atom stereocenters. The summed E-state index contributed by atoms with van der Waals surface area (Å²) in [4.78, 5) is 4.54. The molecule has 0 radical (unpaired) electrons. The van der Waals surface area contributed by atoms with Gasteiger partial charge < -0.3 is 0 Å². The highest BCUT2D eigenvalue weighted by Crippen LogP contribution is 2.41. The summed E-state index contributed by atoms with van der Waals surface area (Å²) in [6.07, 6.45) is -0.695. The summed E-state index contributed by atoms with van der Waals surface area (Å²) in [6, 6.07) is 0. The summed E-state index contributed by atoms with van der Waals surface area (Å²) in [5.74, 6) is 0. The van der Waals surface area contributed by atoms with Gasteiger partial charge in [0, 0.05) is 16.6 Å². The van der Waals surface area contributed by atoms with E-state index in [1.54, 1.807) is 6.20 Å². The van der Waals surface area contributed by atoms with Gasteiger partial charge in [-0.15, -0.1) is 11.3 Å². The second kappa shape index (κ2) is 5.58. The fourth-order valence-corrected chi connectivity index (χ4v) is 3.38. The second-order valence-electron chi connectivity index (χ2n) is 4.22. The molecule has 0 fully saturated rings. The first-order valence-corrected chi connectivity index (χ1v) is 7.51. The van der Waals surface area contributed by atoms with E-state index in [0.717, 1.165) is 17.7 Å². The zero-order chi connectivity index (χ0) is 14.0. The maximum Gasteiger partial charge on any atom is 0.427 e. The van der Waals surface area contributed by atoms with E-state index in [4.69, 9.17) is 0 Å². The van der Waals surface area contributed by atoms with E-state index in [2.05, 4.69) is 9.36 Å². The number of nitrogens with zero attached hydrogens (tertiary/aromatic N) is 2. The molecule has 0 saturated carbocycles. The summed E-state index contributed by atoms with van der Waals surface area (Å²) in [6.45, 7) is 3.84. The largest absolute Gasteiger partial charge is 0.427 e. The highest BCUT2D eigenvalue weighted by molar-refractivity contribution is 7.15. The lowest BCUT2D eigenvalue weighted by Crippen LogP contribution is -2.06. The third-order valence-corrected chi connectivity index (χ3v) is 4.50.